The van der Waals surface area contributed by atoms with Crippen LogP contribution >= 0.6 is 0 Å². The zero-order chi connectivity index (χ0) is 14.3. The number of hydrogen-bond donors (Lipinski definition) is 1. The van der Waals surface area contributed by atoms with Crippen LogP contribution in [0.4, 0.5) is 8.78 Å². The van der Waals surface area contributed by atoms with Crippen LogP contribution in [0.5, 0.6) is 0 Å². The van der Waals surface area contributed by atoms with E-state index in [-0.39, 0.29) is 22.6 Å². The highest BCUT2D eigenvalue weighted by Crippen LogP contribution is 2.26. The van der Waals surface area contributed by atoms with Crippen LogP contribution < -0.4 is 0 Å². The number of aromatic nitrogens is 1. The molecule has 0 spiro atoms. The van der Waals surface area contributed by atoms with Crippen molar-refractivity contribution in [2.45, 2.75) is 0 Å². The van der Waals surface area contributed by atoms with Gasteiger partial charge in [-0.15, -0.1) is 0 Å². The zero-order valence-electron chi connectivity index (χ0n) is 9.93. The monoisotopic (exact) mass is 275 g/mol. The van der Waals surface area contributed by atoms with Crippen molar-refractivity contribution in [3.05, 3.63) is 53.6 Å². The van der Waals surface area contributed by atoms with E-state index in [0.29, 0.717) is 5.52 Å². The normalized spacial score (nSPS) is 10.9. The Kier molecular flexibility index (Phi) is 2.71. The van der Waals surface area contributed by atoms with Crippen molar-refractivity contribution in [1.82, 2.24) is 4.98 Å². The van der Waals surface area contributed by atoms with E-state index in [2.05, 4.69) is 4.98 Å². The van der Waals surface area contributed by atoms with Gasteiger partial charge in [-0.25, -0.2) is 18.6 Å². The van der Waals surface area contributed by atoms with Gasteiger partial charge in [0.2, 0.25) is 5.89 Å². The summed E-state index contributed by atoms with van der Waals surface area (Å²) in [4.78, 5) is 14.9. The van der Waals surface area contributed by atoms with Crippen molar-refractivity contribution < 1.29 is 23.1 Å². The Morgan fingerprint density at radius 2 is 1.80 bits per heavy atom. The zero-order valence-corrected chi connectivity index (χ0v) is 9.93. The number of aromatic carboxylic acids is 1. The van der Waals surface area contributed by atoms with Gasteiger partial charge in [-0.1, -0.05) is 0 Å². The molecular formula is C14H7F2NO3. The minimum Gasteiger partial charge on any atom is -0.478 e. The van der Waals surface area contributed by atoms with E-state index in [1.807, 2.05) is 0 Å². The van der Waals surface area contributed by atoms with Crippen molar-refractivity contribution in [1.29, 1.82) is 0 Å². The van der Waals surface area contributed by atoms with Crippen LogP contribution in [0.2, 0.25) is 0 Å². The van der Waals surface area contributed by atoms with Crippen molar-refractivity contribution in [3.63, 3.8) is 0 Å². The molecule has 100 valence electrons. The Bertz CT molecular complexity index is 806. The molecule has 0 amide bonds. The minimum absolute atomic E-state index is 0.0286. The third-order valence-electron chi connectivity index (χ3n) is 2.74. The van der Waals surface area contributed by atoms with E-state index in [4.69, 9.17) is 9.52 Å². The molecule has 0 saturated carbocycles. The van der Waals surface area contributed by atoms with Crippen LogP contribution in [0.1, 0.15) is 10.4 Å². The fraction of sp³-hybridized carbons (Fsp3) is 0. The Morgan fingerprint density at radius 1 is 1.10 bits per heavy atom. The lowest BCUT2D eigenvalue weighted by Crippen LogP contribution is -1.94. The first-order valence-electron chi connectivity index (χ1n) is 5.63. The molecule has 0 aliphatic carbocycles. The van der Waals surface area contributed by atoms with Crippen LogP contribution in [0, 0.1) is 11.6 Å². The third kappa shape index (κ3) is 2.11. The summed E-state index contributed by atoms with van der Waals surface area (Å²) in [5.74, 6) is -2.55. The highest BCUT2D eigenvalue weighted by Gasteiger charge is 2.12. The number of fused-ring (bicyclic) bond motifs is 1. The first-order chi connectivity index (χ1) is 9.52. The van der Waals surface area contributed by atoms with Crippen molar-refractivity contribution in [3.8, 4) is 11.5 Å². The summed E-state index contributed by atoms with van der Waals surface area (Å²) in [6.07, 6.45) is 0. The lowest BCUT2D eigenvalue weighted by molar-refractivity contribution is 0.0697. The molecule has 1 aromatic heterocycles. The number of benzene rings is 2. The van der Waals surface area contributed by atoms with Crippen LogP contribution in [-0.2, 0) is 0 Å². The third-order valence-corrected chi connectivity index (χ3v) is 2.74. The van der Waals surface area contributed by atoms with E-state index >= 15 is 0 Å². The standard InChI is InChI=1S/C14H7F2NO3/c15-9-3-8(4-10(16)6-9)13-17-11-2-1-7(14(18)19)5-12(11)20-13/h1-6H,(H,18,19). The van der Waals surface area contributed by atoms with Gasteiger partial charge < -0.3 is 9.52 Å². The summed E-state index contributed by atoms with van der Waals surface area (Å²) in [6.45, 7) is 0. The first kappa shape index (κ1) is 12.3. The van der Waals surface area contributed by atoms with Crippen LogP contribution in [-0.4, -0.2) is 16.1 Å². The minimum atomic E-state index is -1.10. The number of nitrogens with zero attached hydrogens (tertiary/aromatic N) is 1. The molecule has 3 aromatic rings. The Balaban J connectivity index is 2.15. The van der Waals surface area contributed by atoms with Gasteiger partial charge in [0.05, 0.1) is 5.56 Å². The molecule has 0 saturated heterocycles. The lowest BCUT2D eigenvalue weighted by atomic mass is 10.2. The molecule has 1 N–H and O–H groups in total. The Morgan fingerprint density at radius 3 is 2.45 bits per heavy atom. The topological polar surface area (TPSA) is 63.3 Å². The second kappa shape index (κ2) is 4.41. The first-order valence-corrected chi connectivity index (χ1v) is 5.63. The second-order valence-corrected chi connectivity index (χ2v) is 4.16. The number of halogens is 2. The molecule has 4 nitrogen and oxygen atoms in total. The maximum absolute atomic E-state index is 13.2. The van der Waals surface area contributed by atoms with Gasteiger partial charge in [-0.05, 0) is 30.3 Å². The number of carboxylic acids is 1. The molecule has 2 aromatic carbocycles. The van der Waals surface area contributed by atoms with Crippen LogP contribution in [0.25, 0.3) is 22.6 Å². The summed E-state index contributed by atoms with van der Waals surface area (Å²) < 4.78 is 31.7. The van der Waals surface area contributed by atoms with Gasteiger partial charge in [0, 0.05) is 11.6 Å². The molecule has 0 fully saturated rings. The molecular weight excluding hydrogens is 268 g/mol. The number of carboxylic acid groups (broad SMARTS) is 1. The summed E-state index contributed by atoms with van der Waals surface area (Å²) in [7, 11) is 0. The van der Waals surface area contributed by atoms with E-state index < -0.39 is 17.6 Å². The van der Waals surface area contributed by atoms with Crippen molar-refractivity contribution in [2.24, 2.45) is 0 Å². The average molecular weight is 275 g/mol. The van der Waals surface area contributed by atoms with Gasteiger partial charge in [0.1, 0.15) is 17.2 Å². The van der Waals surface area contributed by atoms with Gasteiger partial charge in [-0.2, -0.15) is 0 Å². The lowest BCUT2D eigenvalue weighted by Gasteiger charge is -1.96. The number of rotatable bonds is 2. The molecule has 6 heteroatoms. The molecule has 0 unspecified atom stereocenters. The predicted octanol–water partition coefficient (Wildman–Crippen LogP) is 3.47. The molecule has 0 radical (unpaired) electrons. The van der Waals surface area contributed by atoms with Gasteiger partial charge in [0.15, 0.2) is 5.58 Å². The largest absolute Gasteiger partial charge is 0.478 e. The number of oxazole rings is 1. The molecule has 0 aliphatic heterocycles. The average Bonchev–Trinajstić information content (AvgIpc) is 2.80. The number of hydrogen-bond acceptors (Lipinski definition) is 3. The summed E-state index contributed by atoms with van der Waals surface area (Å²) in [5.41, 5.74) is 0.848. The van der Waals surface area contributed by atoms with Crippen molar-refractivity contribution in [2.75, 3.05) is 0 Å². The Hall–Kier alpha value is -2.76. The molecule has 1 heterocycles. The number of carbonyl (C=O) groups is 1. The van der Waals surface area contributed by atoms with E-state index in [9.17, 15) is 13.6 Å². The molecule has 0 aliphatic rings. The maximum Gasteiger partial charge on any atom is 0.335 e. The summed E-state index contributed by atoms with van der Waals surface area (Å²) in [6, 6.07) is 7.08. The van der Waals surface area contributed by atoms with Gasteiger partial charge in [0.25, 0.3) is 0 Å². The van der Waals surface area contributed by atoms with Crippen LogP contribution in [0.15, 0.2) is 40.8 Å². The fourth-order valence-corrected chi connectivity index (χ4v) is 1.86. The quantitative estimate of drug-likeness (QED) is 0.777. The SMILES string of the molecule is O=C(O)c1ccc2nc(-c3cc(F)cc(F)c3)oc2c1. The molecule has 3 rings (SSSR count). The predicted molar refractivity (Wildman–Crippen MR) is 66.3 cm³/mol. The van der Waals surface area contributed by atoms with Gasteiger partial charge >= 0.3 is 5.97 Å². The maximum atomic E-state index is 13.2. The van der Waals surface area contributed by atoms with Crippen molar-refractivity contribution >= 4 is 17.1 Å². The summed E-state index contributed by atoms with van der Waals surface area (Å²) >= 11 is 0. The van der Waals surface area contributed by atoms with E-state index in [0.717, 1.165) is 18.2 Å². The highest BCUT2D eigenvalue weighted by atomic mass is 19.1. The molecule has 0 bridgehead atoms. The van der Waals surface area contributed by atoms with Gasteiger partial charge in [-0.3, -0.25) is 0 Å². The fourth-order valence-electron chi connectivity index (χ4n) is 1.86. The second-order valence-electron chi connectivity index (χ2n) is 4.16. The Labute approximate surface area is 111 Å². The van der Waals surface area contributed by atoms with E-state index in [1.165, 1.54) is 18.2 Å². The van der Waals surface area contributed by atoms with E-state index in [1.54, 1.807) is 0 Å². The summed E-state index contributed by atoms with van der Waals surface area (Å²) in [5, 5.41) is 8.88. The smallest absolute Gasteiger partial charge is 0.335 e. The van der Waals surface area contributed by atoms with Crippen LogP contribution in [0.3, 0.4) is 0 Å². The highest BCUT2D eigenvalue weighted by molar-refractivity contribution is 5.92. The molecule has 20 heavy (non-hydrogen) atoms. The molecule has 0 atom stereocenters.